The first-order valence-electron chi connectivity index (χ1n) is 3.29. The average Bonchev–Trinajstić information content (AvgIpc) is 1.82. The first kappa shape index (κ1) is 8.43. The van der Waals surface area contributed by atoms with Gasteiger partial charge in [0.1, 0.15) is 0 Å². The van der Waals surface area contributed by atoms with Gasteiger partial charge >= 0.3 is 0 Å². The Morgan fingerprint density at radius 3 is 2.67 bits per heavy atom. The number of amides is 1. The Kier molecular flexibility index (Phi) is 4.05. The molecular formula is C6H15N2O+. The molecule has 0 saturated carbocycles. The summed E-state index contributed by atoms with van der Waals surface area (Å²) in [7, 11) is 0. The fourth-order valence-corrected chi connectivity index (χ4v) is 0.422. The maximum Gasteiger partial charge on any atom is 0.277 e. The van der Waals surface area contributed by atoms with E-state index in [2.05, 4.69) is 11.1 Å². The van der Waals surface area contributed by atoms with Gasteiger partial charge in [0.2, 0.25) is 0 Å². The molecule has 0 aliphatic rings. The standard InChI is InChI=1S/C6H14N2O/c1-3-4-8-6(9)5(2)7/h5H,3-4,7H2,1-2H3,(H,8,9)/p+1/t5-/m0/s1. The van der Waals surface area contributed by atoms with Gasteiger partial charge in [-0.05, 0) is 13.3 Å². The summed E-state index contributed by atoms with van der Waals surface area (Å²) in [4.78, 5) is 10.7. The summed E-state index contributed by atoms with van der Waals surface area (Å²) in [5.41, 5.74) is 3.58. The topological polar surface area (TPSA) is 56.7 Å². The van der Waals surface area contributed by atoms with Gasteiger partial charge in [-0.25, -0.2) is 0 Å². The molecule has 0 aromatic heterocycles. The van der Waals surface area contributed by atoms with E-state index in [9.17, 15) is 4.79 Å². The van der Waals surface area contributed by atoms with E-state index < -0.39 is 0 Å². The number of carbonyl (C=O) groups excluding carboxylic acids is 1. The highest BCUT2D eigenvalue weighted by Gasteiger charge is 2.07. The van der Waals surface area contributed by atoms with Crippen molar-refractivity contribution < 1.29 is 10.5 Å². The second-order valence-corrected chi connectivity index (χ2v) is 2.19. The maximum absolute atomic E-state index is 10.7. The molecule has 0 unspecified atom stereocenters. The molecular weight excluding hydrogens is 116 g/mol. The van der Waals surface area contributed by atoms with Gasteiger partial charge in [-0.15, -0.1) is 0 Å². The Morgan fingerprint density at radius 1 is 1.78 bits per heavy atom. The smallest absolute Gasteiger partial charge is 0.277 e. The van der Waals surface area contributed by atoms with Crippen molar-refractivity contribution in [3.8, 4) is 0 Å². The maximum atomic E-state index is 10.7. The van der Waals surface area contributed by atoms with Crippen LogP contribution in [0.2, 0.25) is 0 Å². The van der Waals surface area contributed by atoms with Gasteiger partial charge in [0.05, 0.1) is 0 Å². The molecule has 0 rings (SSSR count). The molecule has 0 heterocycles. The van der Waals surface area contributed by atoms with Crippen LogP contribution in [0, 0.1) is 0 Å². The van der Waals surface area contributed by atoms with Crippen molar-refractivity contribution >= 4 is 5.91 Å². The van der Waals surface area contributed by atoms with Crippen LogP contribution >= 0.6 is 0 Å². The molecule has 54 valence electrons. The van der Waals surface area contributed by atoms with Crippen LogP contribution in [0.4, 0.5) is 0 Å². The molecule has 0 saturated heterocycles. The third-order valence-corrected chi connectivity index (χ3v) is 0.997. The Hall–Kier alpha value is -0.570. The van der Waals surface area contributed by atoms with E-state index in [-0.39, 0.29) is 11.9 Å². The predicted molar refractivity (Wildman–Crippen MR) is 35.7 cm³/mol. The van der Waals surface area contributed by atoms with Crippen molar-refractivity contribution in [2.24, 2.45) is 0 Å². The average molecular weight is 131 g/mol. The van der Waals surface area contributed by atoms with Crippen molar-refractivity contribution in [1.82, 2.24) is 5.32 Å². The minimum Gasteiger partial charge on any atom is -0.351 e. The summed E-state index contributed by atoms with van der Waals surface area (Å²) in [5.74, 6) is 0.0388. The second kappa shape index (κ2) is 4.32. The molecule has 9 heavy (non-hydrogen) atoms. The lowest BCUT2D eigenvalue weighted by atomic mass is 10.3. The van der Waals surface area contributed by atoms with Crippen LogP contribution < -0.4 is 11.1 Å². The Labute approximate surface area is 55.6 Å². The SMILES string of the molecule is CCCNC(=O)[C@H](C)[NH3+]. The van der Waals surface area contributed by atoms with Gasteiger partial charge < -0.3 is 11.1 Å². The molecule has 0 radical (unpaired) electrons. The number of hydrogen-bond donors (Lipinski definition) is 2. The summed E-state index contributed by atoms with van der Waals surface area (Å²) in [6.45, 7) is 4.57. The van der Waals surface area contributed by atoms with E-state index >= 15 is 0 Å². The van der Waals surface area contributed by atoms with Crippen LogP contribution in [-0.2, 0) is 4.79 Å². The first-order chi connectivity index (χ1) is 4.18. The Balaban J connectivity index is 3.28. The number of hydrogen-bond acceptors (Lipinski definition) is 1. The highest BCUT2D eigenvalue weighted by Crippen LogP contribution is 1.73. The summed E-state index contributed by atoms with van der Waals surface area (Å²) >= 11 is 0. The van der Waals surface area contributed by atoms with E-state index in [1.165, 1.54) is 0 Å². The zero-order valence-electron chi connectivity index (χ0n) is 6.11. The third-order valence-electron chi connectivity index (χ3n) is 0.997. The molecule has 0 aromatic carbocycles. The molecule has 4 N–H and O–H groups in total. The van der Waals surface area contributed by atoms with Crippen molar-refractivity contribution in [3.63, 3.8) is 0 Å². The first-order valence-corrected chi connectivity index (χ1v) is 3.29. The van der Waals surface area contributed by atoms with Crippen LogP contribution in [0.3, 0.4) is 0 Å². The molecule has 0 aliphatic carbocycles. The Bertz CT molecular complexity index is 91.1. The minimum atomic E-state index is -0.128. The largest absolute Gasteiger partial charge is 0.351 e. The van der Waals surface area contributed by atoms with E-state index in [1.54, 1.807) is 6.92 Å². The number of carbonyl (C=O) groups is 1. The van der Waals surface area contributed by atoms with Gasteiger partial charge in [0.25, 0.3) is 5.91 Å². The van der Waals surface area contributed by atoms with E-state index in [0.717, 1.165) is 13.0 Å². The molecule has 0 spiro atoms. The quantitative estimate of drug-likeness (QED) is 0.514. The van der Waals surface area contributed by atoms with Crippen LogP contribution in [-0.4, -0.2) is 18.5 Å². The van der Waals surface area contributed by atoms with Gasteiger partial charge in [-0.1, -0.05) is 6.92 Å². The molecule has 0 aromatic rings. The lowest BCUT2D eigenvalue weighted by Crippen LogP contribution is -2.65. The van der Waals surface area contributed by atoms with Crippen molar-refractivity contribution in [1.29, 1.82) is 0 Å². The summed E-state index contributed by atoms with van der Waals surface area (Å²) in [6.07, 6.45) is 0.985. The monoisotopic (exact) mass is 131 g/mol. The van der Waals surface area contributed by atoms with Crippen LogP contribution in [0.1, 0.15) is 20.3 Å². The van der Waals surface area contributed by atoms with E-state index in [1.807, 2.05) is 6.92 Å². The van der Waals surface area contributed by atoms with Crippen molar-refractivity contribution in [3.05, 3.63) is 0 Å². The van der Waals surface area contributed by atoms with E-state index in [4.69, 9.17) is 0 Å². The summed E-state index contributed by atoms with van der Waals surface area (Å²) in [5, 5.41) is 2.73. The van der Waals surface area contributed by atoms with Gasteiger partial charge in [0.15, 0.2) is 6.04 Å². The molecule has 0 aliphatic heterocycles. The predicted octanol–water partition coefficient (Wildman–Crippen LogP) is -0.857. The lowest BCUT2D eigenvalue weighted by Gasteiger charge is -2.01. The minimum absolute atomic E-state index is 0.0388. The van der Waals surface area contributed by atoms with Crippen molar-refractivity contribution in [2.45, 2.75) is 26.3 Å². The zero-order valence-corrected chi connectivity index (χ0v) is 6.11. The van der Waals surface area contributed by atoms with Gasteiger partial charge in [-0.2, -0.15) is 0 Å². The molecule has 0 fully saturated rings. The molecule has 3 heteroatoms. The van der Waals surface area contributed by atoms with Gasteiger partial charge in [-0.3, -0.25) is 4.79 Å². The third kappa shape index (κ3) is 3.97. The fraction of sp³-hybridized carbons (Fsp3) is 0.833. The van der Waals surface area contributed by atoms with E-state index in [0.29, 0.717) is 0 Å². The summed E-state index contributed by atoms with van der Waals surface area (Å²) < 4.78 is 0. The fourth-order valence-electron chi connectivity index (χ4n) is 0.422. The Morgan fingerprint density at radius 2 is 2.33 bits per heavy atom. The van der Waals surface area contributed by atoms with Crippen LogP contribution in [0.15, 0.2) is 0 Å². The second-order valence-electron chi connectivity index (χ2n) is 2.19. The van der Waals surface area contributed by atoms with Crippen LogP contribution in [0.5, 0.6) is 0 Å². The van der Waals surface area contributed by atoms with Crippen molar-refractivity contribution in [2.75, 3.05) is 6.54 Å². The number of rotatable bonds is 3. The normalized spacial score (nSPS) is 12.8. The highest BCUT2D eigenvalue weighted by atomic mass is 16.2. The lowest BCUT2D eigenvalue weighted by molar-refractivity contribution is -0.398. The summed E-state index contributed by atoms with van der Waals surface area (Å²) in [6, 6.07) is -0.128. The van der Waals surface area contributed by atoms with Crippen LogP contribution in [0.25, 0.3) is 0 Å². The molecule has 1 amide bonds. The number of nitrogens with one attached hydrogen (secondary N) is 1. The molecule has 3 nitrogen and oxygen atoms in total. The number of quaternary nitrogens is 1. The van der Waals surface area contributed by atoms with Gasteiger partial charge in [0, 0.05) is 6.54 Å². The molecule has 1 atom stereocenters. The highest BCUT2D eigenvalue weighted by molar-refractivity contribution is 5.79. The molecule has 0 bridgehead atoms. The zero-order chi connectivity index (χ0) is 7.28.